The second-order valence-electron chi connectivity index (χ2n) is 4.14. The van der Waals surface area contributed by atoms with Gasteiger partial charge in [-0.3, -0.25) is 10.8 Å². The zero-order valence-electron chi connectivity index (χ0n) is 12.1. The minimum absolute atomic E-state index is 0.252. The number of nitrogens with one attached hydrogen (secondary N) is 1. The first kappa shape index (κ1) is 14.9. The average Bonchev–Trinajstić information content (AvgIpc) is 2.52. The van der Waals surface area contributed by atoms with Crippen LogP contribution < -0.4 is 20.7 Å². The van der Waals surface area contributed by atoms with Crippen LogP contribution >= 0.6 is 0 Å². The molecule has 0 spiro atoms. The number of carbonyl (C=O) groups is 1. The van der Waals surface area contributed by atoms with Crippen molar-refractivity contribution in [2.75, 3.05) is 26.3 Å². The number of fused-ring (bicyclic) bond motifs is 1. The van der Waals surface area contributed by atoms with Crippen LogP contribution in [0.5, 0.6) is 11.5 Å². The molecule has 0 saturated heterocycles. The lowest BCUT2D eigenvalue weighted by Crippen LogP contribution is -2.15. The van der Waals surface area contributed by atoms with E-state index < -0.39 is 5.97 Å². The van der Waals surface area contributed by atoms with Gasteiger partial charge in [-0.05, 0) is 13.0 Å². The number of nitrogens with two attached hydrogens (primary N) is 1. The lowest BCUT2D eigenvalue weighted by molar-refractivity contribution is 0.0527. The van der Waals surface area contributed by atoms with Gasteiger partial charge in [0.05, 0.1) is 26.5 Å². The number of rotatable bonds is 5. The first-order valence-corrected chi connectivity index (χ1v) is 6.34. The molecule has 0 aliphatic heterocycles. The summed E-state index contributed by atoms with van der Waals surface area (Å²) >= 11 is 0. The SMILES string of the molecule is CCOC(=O)c1cnc2c(OC)cc(OC)cc2c1NN. The number of benzene rings is 1. The molecule has 1 aromatic heterocycles. The standard InChI is InChI=1S/C14H17N3O4/c1-4-21-14(18)10-7-16-13-9(12(10)17-15)5-8(19-2)6-11(13)20-3/h5-7H,4,15H2,1-3H3,(H,16,17). The van der Waals surface area contributed by atoms with Crippen molar-refractivity contribution >= 4 is 22.6 Å². The van der Waals surface area contributed by atoms with Crippen LogP contribution in [-0.2, 0) is 4.74 Å². The minimum Gasteiger partial charge on any atom is -0.497 e. The molecule has 0 radical (unpaired) electrons. The Morgan fingerprint density at radius 3 is 2.67 bits per heavy atom. The molecule has 7 nitrogen and oxygen atoms in total. The van der Waals surface area contributed by atoms with Gasteiger partial charge in [-0.25, -0.2) is 4.79 Å². The summed E-state index contributed by atoms with van der Waals surface area (Å²) in [5.74, 6) is 6.16. The summed E-state index contributed by atoms with van der Waals surface area (Å²) in [5.41, 5.74) is 3.76. The number of nitrogens with zero attached hydrogens (tertiary/aromatic N) is 1. The van der Waals surface area contributed by atoms with Crippen LogP contribution in [0.3, 0.4) is 0 Å². The number of nitrogen functional groups attached to an aromatic ring is 1. The van der Waals surface area contributed by atoms with Gasteiger partial charge < -0.3 is 19.6 Å². The van der Waals surface area contributed by atoms with E-state index in [-0.39, 0.29) is 12.2 Å². The predicted octanol–water partition coefficient (Wildman–Crippen LogP) is 1.71. The lowest BCUT2D eigenvalue weighted by atomic mass is 10.1. The molecular weight excluding hydrogens is 274 g/mol. The fourth-order valence-corrected chi connectivity index (χ4v) is 2.04. The van der Waals surface area contributed by atoms with Gasteiger partial charge in [-0.2, -0.15) is 0 Å². The Morgan fingerprint density at radius 1 is 1.33 bits per heavy atom. The summed E-state index contributed by atoms with van der Waals surface area (Å²) in [7, 11) is 3.07. The van der Waals surface area contributed by atoms with Crippen molar-refractivity contribution in [1.82, 2.24) is 4.98 Å². The molecule has 0 fully saturated rings. The van der Waals surface area contributed by atoms with Crippen molar-refractivity contribution in [1.29, 1.82) is 0 Å². The van der Waals surface area contributed by atoms with Gasteiger partial charge in [0.1, 0.15) is 22.6 Å². The van der Waals surface area contributed by atoms with Gasteiger partial charge in [0.2, 0.25) is 0 Å². The molecule has 0 aliphatic carbocycles. The summed E-state index contributed by atoms with van der Waals surface area (Å²) in [5, 5.41) is 0.610. The number of anilines is 1. The van der Waals surface area contributed by atoms with Crippen LogP contribution in [0.25, 0.3) is 10.9 Å². The number of methoxy groups -OCH3 is 2. The quantitative estimate of drug-likeness (QED) is 0.492. The van der Waals surface area contributed by atoms with Crippen molar-refractivity contribution in [2.24, 2.45) is 5.84 Å². The normalized spacial score (nSPS) is 10.3. The van der Waals surface area contributed by atoms with Crippen molar-refractivity contribution < 1.29 is 19.0 Å². The van der Waals surface area contributed by atoms with E-state index in [1.807, 2.05) is 0 Å². The summed E-state index contributed by atoms with van der Waals surface area (Å²) in [4.78, 5) is 16.2. The van der Waals surface area contributed by atoms with Crippen LogP contribution in [0.2, 0.25) is 0 Å². The van der Waals surface area contributed by atoms with Gasteiger partial charge in [0.25, 0.3) is 0 Å². The highest BCUT2D eigenvalue weighted by molar-refractivity contribution is 6.06. The fraction of sp³-hybridized carbons (Fsp3) is 0.286. The van der Waals surface area contributed by atoms with E-state index in [2.05, 4.69) is 10.4 Å². The van der Waals surface area contributed by atoms with Crippen LogP contribution in [0.1, 0.15) is 17.3 Å². The van der Waals surface area contributed by atoms with Crippen LogP contribution in [-0.4, -0.2) is 31.8 Å². The largest absolute Gasteiger partial charge is 0.497 e. The first-order valence-electron chi connectivity index (χ1n) is 6.34. The molecule has 0 saturated carbocycles. The molecule has 0 amide bonds. The number of hydrazine groups is 1. The maximum Gasteiger partial charge on any atom is 0.341 e. The molecule has 2 rings (SSSR count). The number of pyridine rings is 1. The van der Waals surface area contributed by atoms with Crippen molar-refractivity contribution in [3.63, 3.8) is 0 Å². The van der Waals surface area contributed by atoms with E-state index in [0.29, 0.717) is 28.1 Å². The van der Waals surface area contributed by atoms with Gasteiger partial charge in [-0.1, -0.05) is 0 Å². The van der Waals surface area contributed by atoms with Crippen LogP contribution in [0, 0.1) is 0 Å². The highest BCUT2D eigenvalue weighted by atomic mass is 16.5. The number of hydrogen-bond acceptors (Lipinski definition) is 7. The lowest BCUT2D eigenvalue weighted by Gasteiger charge is -2.14. The summed E-state index contributed by atoms with van der Waals surface area (Å²) < 4.78 is 15.5. The topological polar surface area (TPSA) is 95.7 Å². The highest BCUT2D eigenvalue weighted by Crippen LogP contribution is 2.35. The Morgan fingerprint density at radius 2 is 2.10 bits per heavy atom. The predicted molar refractivity (Wildman–Crippen MR) is 78.6 cm³/mol. The van der Waals surface area contributed by atoms with E-state index in [0.717, 1.165) is 0 Å². The summed E-state index contributed by atoms with van der Waals surface area (Å²) in [6, 6.07) is 3.43. The maximum absolute atomic E-state index is 12.0. The Hall–Kier alpha value is -2.54. The number of hydrogen-bond donors (Lipinski definition) is 2. The van der Waals surface area contributed by atoms with E-state index in [1.54, 1.807) is 26.2 Å². The second kappa shape index (κ2) is 6.27. The fourth-order valence-electron chi connectivity index (χ4n) is 2.04. The van der Waals surface area contributed by atoms with Crippen molar-refractivity contribution in [2.45, 2.75) is 6.92 Å². The zero-order valence-corrected chi connectivity index (χ0v) is 12.1. The Labute approximate surface area is 122 Å². The zero-order chi connectivity index (χ0) is 15.4. The first-order chi connectivity index (χ1) is 10.2. The maximum atomic E-state index is 12.0. The van der Waals surface area contributed by atoms with Gasteiger partial charge >= 0.3 is 5.97 Å². The Bertz CT molecular complexity index is 673. The van der Waals surface area contributed by atoms with Gasteiger partial charge in [0.15, 0.2) is 0 Å². The number of aromatic nitrogens is 1. The molecule has 2 aromatic rings. The molecule has 0 atom stereocenters. The molecular formula is C14H17N3O4. The molecule has 21 heavy (non-hydrogen) atoms. The van der Waals surface area contributed by atoms with Crippen molar-refractivity contribution in [3.8, 4) is 11.5 Å². The van der Waals surface area contributed by atoms with Gasteiger partial charge in [0, 0.05) is 17.6 Å². The number of ether oxygens (including phenoxy) is 3. The van der Waals surface area contributed by atoms with Gasteiger partial charge in [-0.15, -0.1) is 0 Å². The molecule has 0 unspecified atom stereocenters. The molecule has 112 valence electrons. The Kier molecular flexibility index (Phi) is 4.44. The van der Waals surface area contributed by atoms with E-state index in [1.165, 1.54) is 13.3 Å². The second-order valence-corrected chi connectivity index (χ2v) is 4.14. The smallest absolute Gasteiger partial charge is 0.341 e. The monoisotopic (exact) mass is 291 g/mol. The summed E-state index contributed by atoms with van der Waals surface area (Å²) in [6.07, 6.45) is 1.41. The van der Waals surface area contributed by atoms with Crippen molar-refractivity contribution in [3.05, 3.63) is 23.9 Å². The third-order valence-electron chi connectivity index (χ3n) is 3.01. The molecule has 1 aromatic carbocycles. The average molecular weight is 291 g/mol. The molecule has 1 heterocycles. The number of carbonyl (C=O) groups excluding carboxylic acids is 1. The highest BCUT2D eigenvalue weighted by Gasteiger charge is 2.18. The van der Waals surface area contributed by atoms with E-state index in [9.17, 15) is 4.79 Å². The third-order valence-corrected chi connectivity index (χ3v) is 3.01. The minimum atomic E-state index is -0.498. The van der Waals surface area contributed by atoms with Crippen LogP contribution in [0.15, 0.2) is 18.3 Å². The molecule has 0 aliphatic rings. The Balaban J connectivity index is 2.73. The summed E-state index contributed by atoms with van der Waals surface area (Å²) in [6.45, 7) is 2.00. The third kappa shape index (κ3) is 2.68. The molecule has 0 bridgehead atoms. The van der Waals surface area contributed by atoms with Crippen LogP contribution in [0.4, 0.5) is 5.69 Å². The van der Waals surface area contributed by atoms with E-state index in [4.69, 9.17) is 20.1 Å². The molecule has 3 N–H and O–H groups in total. The number of esters is 1. The van der Waals surface area contributed by atoms with E-state index >= 15 is 0 Å². The molecule has 7 heteroatoms.